The van der Waals surface area contributed by atoms with Gasteiger partial charge in [0.05, 0.1) is 19.8 Å². The van der Waals surface area contributed by atoms with Crippen molar-refractivity contribution < 1.29 is 4.74 Å². The van der Waals surface area contributed by atoms with Gasteiger partial charge in [-0.05, 0) is 38.5 Å². The SMILES string of the molecule is CCNC(=NCc1ccnc(N2CCOCC2)c1)N1CCSC(C)(C)C1.I. The standard InChI is InChI=1S/C19H31N5OS.HI/c1-4-20-18(24-9-12-26-19(2,3)15-24)22-14-16-5-6-21-17(13-16)23-7-10-25-11-8-23;/h5-6,13H,4,7-12,14-15H2,1-3H3,(H,20,22);1H. The lowest BCUT2D eigenvalue weighted by molar-refractivity contribution is 0.122. The molecule has 0 radical (unpaired) electrons. The molecule has 1 aromatic rings. The minimum absolute atomic E-state index is 0. The highest BCUT2D eigenvalue weighted by Crippen LogP contribution is 2.29. The third-order valence-electron chi connectivity index (χ3n) is 4.62. The van der Waals surface area contributed by atoms with Crippen LogP contribution in [0.5, 0.6) is 0 Å². The van der Waals surface area contributed by atoms with E-state index in [0.29, 0.717) is 6.54 Å². The number of anilines is 1. The number of guanidine groups is 1. The van der Waals surface area contributed by atoms with Crippen molar-refractivity contribution in [1.29, 1.82) is 0 Å². The molecule has 2 aliphatic rings. The van der Waals surface area contributed by atoms with Gasteiger partial charge in [-0.15, -0.1) is 24.0 Å². The van der Waals surface area contributed by atoms with Crippen LogP contribution in [0.15, 0.2) is 23.3 Å². The number of hydrogen-bond acceptors (Lipinski definition) is 5. The first-order chi connectivity index (χ1) is 12.6. The van der Waals surface area contributed by atoms with Crippen molar-refractivity contribution in [3.8, 4) is 0 Å². The summed E-state index contributed by atoms with van der Waals surface area (Å²) in [6.45, 7) is 13.7. The van der Waals surface area contributed by atoms with Gasteiger partial charge in [0.15, 0.2) is 5.96 Å². The summed E-state index contributed by atoms with van der Waals surface area (Å²) in [4.78, 5) is 14.1. The quantitative estimate of drug-likeness (QED) is 0.386. The Labute approximate surface area is 184 Å². The Kier molecular flexibility index (Phi) is 8.94. The van der Waals surface area contributed by atoms with E-state index in [1.54, 1.807) is 0 Å². The monoisotopic (exact) mass is 505 g/mol. The Balaban J connectivity index is 0.00000261. The van der Waals surface area contributed by atoms with Gasteiger partial charge in [0.2, 0.25) is 0 Å². The van der Waals surface area contributed by atoms with Gasteiger partial charge in [-0.3, -0.25) is 0 Å². The third kappa shape index (κ3) is 6.67. The van der Waals surface area contributed by atoms with Gasteiger partial charge >= 0.3 is 0 Å². The predicted octanol–water partition coefficient (Wildman–Crippen LogP) is 2.83. The summed E-state index contributed by atoms with van der Waals surface area (Å²) in [6, 6.07) is 4.22. The molecule has 3 heterocycles. The van der Waals surface area contributed by atoms with Crippen molar-refractivity contribution in [2.24, 2.45) is 4.99 Å². The van der Waals surface area contributed by atoms with Gasteiger partial charge < -0.3 is 19.9 Å². The number of aliphatic imine (C=N–C) groups is 1. The number of nitrogens with zero attached hydrogens (tertiary/aromatic N) is 4. The molecule has 1 aromatic heterocycles. The van der Waals surface area contributed by atoms with Crippen molar-refractivity contribution in [2.45, 2.75) is 32.1 Å². The van der Waals surface area contributed by atoms with Gasteiger partial charge in [0.25, 0.3) is 0 Å². The topological polar surface area (TPSA) is 53.0 Å². The minimum Gasteiger partial charge on any atom is -0.378 e. The average molecular weight is 505 g/mol. The van der Waals surface area contributed by atoms with Crippen LogP contribution in [-0.2, 0) is 11.3 Å². The Morgan fingerprint density at radius 2 is 2.11 bits per heavy atom. The molecule has 6 nitrogen and oxygen atoms in total. The molecule has 0 bridgehead atoms. The van der Waals surface area contributed by atoms with E-state index >= 15 is 0 Å². The zero-order valence-corrected chi connectivity index (χ0v) is 19.8. The molecule has 27 heavy (non-hydrogen) atoms. The largest absolute Gasteiger partial charge is 0.378 e. The van der Waals surface area contributed by atoms with E-state index in [2.05, 4.69) is 53.0 Å². The second-order valence-electron chi connectivity index (χ2n) is 7.32. The van der Waals surface area contributed by atoms with E-state index in [0.717, 1.165) is 63.5 Å². The van der Waals surface area contributed by atoms with Crippen LogP contribution in [0.2, 0.25) is 0 Å². The molecule has 1 N–H and O–H groups in total. The van der Waals surface area contributed by atoms with Gasteiger partial charge in [-0.1, -0.05) is 0 Å². The second-order valence-corrected chi connectivity index (χ2v) is 9.12. The Morgan fingerprint density at radius 3 is 2.81 bits per heavy atom. The second kappa shape index (κ2) is 10.7. The van der Waals surface area contributed by atoms with E-state index < -0.39 is 0 Å². The molecule has 0 spiro atoms. The van der Waals surface area contributed by atoms with Crippen LogP contribution in [0.25, 0.3) is 0 Å². The first kappa shape index (κ1) is 22.5. The summed E-state index contributed by atoms with van der Waals surface area (Å²) in [5, 5.41) is 3.46. The fourth-order valence-corrected chi connectivity index (χ4v) is 4.42. The first-order valence-corrected chi connectivity index (χ1v) is 10.5. The highest BCUT2D eigenvalue weighted by molar-refractivity contribution is 14.0. The van der Waals surface area contributed by atoms with Gasteiger partial charge in [-0.2, -0.15) is 11.8 Å². The molecule has 3 rings (SSSR count). The van der Waals surface area contributed by atoms with Crippen LogP contribution in [0.3, 0.4) is 0 Å². The van der Waals surface area contributed by atoms with Gasteiger partial charge in [0, 0.05) is 49.4 Å². The maximum Gasteiger partial charge on any atom is 0.194 e. The third-order valence-corrected chi connectivity index (χ3v) is 5.91. The van der Waals surface area contributed by atoms with Crippen molar-refractivity contribution >= 4 is 47.5 Å². The normalized spacial score (nSPS) is 20.2. The van der Waals surface area contributed by atoms with Gasteiger partial charge in [-0.25, -0.2) is 9.98 Å². The molecular weight excluding hydrogens is 473 g/mol. The van der Waals surface area contributed by atoms with E-state index in [4.69, 9.17) is 9.73 Å². The smallest absolute Gasteiger partial charge is 0.194 e. The summed E-state index contributed by atoms with van der Waals surface area (Å²) in [6.07, 6.45) is 1.89. The number of hydrogen-bond donors (Lipinski definition) is 1. The number of thioether (sulfide) groups is 1. The molecule has 2 aliphatic heterocycles. The molecular formula is C19H32IN5OS. The number of ether oxygens (including phenoxy) is 1. The summed E-state index contributed by atoms with van der Waals surface area (Å²) in [5.41, 5.74) is 1.20. The lowest BCUT2D eigenvalue weighted by Crippen LogP contribution is -2.50. The van der Waals surface area contributed by atoms with E-state index in [1.165, 1.54) is 5.56 Å². The van der Waals surface area contributed by atoms with Crippen LogP contribution in [-0.4, -0.2) is 72.3 Å². The zero-order valence-electron chi connectivity index (χ0n) is 16.6. The maximum absolute atomic E-state index is 5.43. The molecule has 152 valence electrons. The van der Waals surface area contributed by atoms with Crippen LogP contribution >= 0.6 is 35.7 Å². The van der Waals surface area contributed by atoms with Crippen LogP contribution in [0.4, 0.5) is 5.82 Å². The number of aromatic nitrogens is 1. The summed E-state index contributed by atoms with van der Waals surface area (Å²) in [7, 11) is 0. The van der Waals surface area contributed by atoms with Crippen LogP contribution in [0, 0.1) is 0 Å². The molecule has 0 aromatic carbocycles. The number of rotatable bonds is 4. The fourth-order valence-electron chi connectivity index (χ4n) is 3.31. The molecule has 0 atom stereocenters. The first-order valence-electron chi connectivity index (χ1n) is 9.52. The molecule has 0 aliphatic carbocycles. The number of morpholine rings is 1. The Morgan fingerprint density at radius 1 is 1.33 bits per heavy atom. The Hall–Kier alpha value is -0.740. The Bertz CT molecular complexity index is 622. The maximum atomic E-state index is 5.43. The lowest BCUT2D eigenvalue weighted by Gasteiger charge is -2.39. The van der Waals surface area contributed by atoms with E-state index in [9.17, 15) is 0 Å². The van der Waals surface area contributed by atoms with E-state index in [1.807, 2.05) is 18.0 Å². The molecule has 0 unspecified atom stereocenters. The summed E-state index contributed by atoms with van der Waals surface area (Å²) < 4.78 is 5.71. The van der Waals surface area contributed by atoms with Crippen molar-refractivity contribution in [1.82, 2.24) is 15.2 Å². The molecule has 0 amide bonds. The van der Waals surface area contributed by atoms with Crippen molar-refractivity contribution in [3.63, 3.8) is 0 Å². The molecule has 0 saturated carbocycles. The average Bonchev–Trinajstić information content (AvgIpc) is 2.65. The summed E-state index contributed by atoms with van der Waals surface area (Å²) in [5.74, 6) is 3.19. The zero-order chi connectivity index (χ0) is 18.4. The van der Waals surface area contributed by atoms with Crippen LogP contribution < -0.4 is 10.2 Å². The number of pyridine rings is 1. The van der Waals surface area contributed by atoms with Crippen molar-refractivity contribution in [2.75, 3.05) is 56.6 Å². The molecule has 2 saturated heterocycles. The van der Waals surface area contributed by atoms with Crippen molar-refractivity contribution in [3.05, 3.63) is 23.9 Å². The van der Waals surface area contributed by atoms with Crippen LogP contribution in [0.1, 0.15) is 26.3 Å². The summed E-state index contributed by atoms with van der Waals surface area (Å²) >= 11 is 2.04. The highest BCUT2D eigenvalue weighted by Gasteiger charge is 2.28. The van der Waals surface area contributed by atoms with E-state index in [-0.39, 0.29) is 28.7 Å². The minimum atomic E-state index is 0. The number of nitrogens with one attached hydrogen (secondary N) is 1. The highest BCUT2D eigenvalue weighted by atomic mass is 127. The van der Waals surface area contributed by atoms with Gasteiger partial charge in [0.1, 0.15) is 5.82 Å². The predicted molar refractivity (Wildman–Crippen MR) is 126 cm³/mol. The fraction of sp³-hybridized carbons (Fsp3) is 0.684. The molecule has 8 heteroatoms. The molecule has 2 fully saturated rings. The lowest BCUT2D eigenvalue weighted by atomic mass is 10.2. The number of halogens is 1.